The normalized spacial score (nSPS) is 12.4. The molecule has 0 bridgehead atoms. The van der Waals surface area contributed by atoms with Gasteiger partial charge in [0.05, 0.1) is 13.3 Å². The van der Waals surface area contributed by atoms with Crippen LogP contribution in [0, 0.1) is 0 Å². The zero-order valence-electron chi connectivity index (χ0n) is 10.5. The van der Waals surface area contributed by atoms with E-state index in [9.17, 15) is 4.39 Å². The van der Waals surface area contributed by atoms with Crippen LogP contribution in [0.2, 0.25) is 0 Å². The van der Waals surface area contributed by atoms with Gasteiger partial charge in [-0.2, -0.15) is 0 Å². The highest BCUT2D eigenvalue weighted by Crippen LogP contribution is 2.13. The van der Waals surface area contributed by atoms with Crippen molar-refractivity contribution in [3.05, 3.63) is 29.8 Å². The maximum absolute atomic E-state index is 11.8. The van der Waals surface area contributed by atoms with Gasteiger partial charge in [-0.05, 0) is 50.3 Å². The lowest BCUT2D eigenvalue weighted by Crippen LogP contribution is -2.17. The first kappa shape index (κ1) is 14.0. The van der Waals surface area contributed by atoms with Crippen LogP contribution in [0.4, 0.5) is 4.39 Å². The van der Waals surface area contributed by atoms with E-state index < -0.39 is 0 Å². The van der Waals surface area contributed by atoms with Crippen molar-refractivity contribution >= 4 is 0 Å². The van der Waals surface area contributed by atoms with Gasteiger partial charge in [0.25, 0.3) is 0 Å². The molecular formula is C14H22FNO. The van der Waals surface area contributed by atoms with E-state index in [1.807, 2.05) is 31.2 Å². The summed E-state index contributed by atoms with van der Waals surface area (Å²) in [5, 5.41) is 0. The number of halogens is 1. The van der Waals surface area contributed by atoms with Gasteiger partial charge in [-0.25, -0.2) is 0 Å². The quantitative estimate of drug-likeness (QED) is 0.707. The fourth-order valence-electron chi connectivity index (χ4n) is 1.66. The number of alkyl halides is 1. The summed E-state index contributed by atoms with van der Waals surface area (Å²) in [6.45, 7) is 2.42. The first-order chi connectivity index (χ1) is 8.22. The molecule has 0 aromatic heterocycles. The molecule has 1 unspecified atom stereocenters. The molecule has 0 amide bonds. The Balaban J connectivity index is 2.25. The van der Waals surface area contributed by atoms with Gasteiger partial charge in [-0.3, -0.25) is 4.39 Å². The standard InChI is InChI=1S/C14H22FNO/c1-12(16)11-13-5-7-14(8-6-13)17-10-4-2-3-9-15/h5-8,12H,2-4,9-11,16H2,1H3. The third kappa shape index (κ3) is 6.27. The largest absolute Gasteiger partial charge is 0.494 e. The maximum Gasteiger partial charge on any atom is 0.119 e. The Labute approximate surface area is 103 Å². The molecule has 0 aliphatic carbocycles. The van der Waals surface area contributed by atoms with Crippen molar-refractivity contribution in [2.75, 3.05) is 13.3 Å². The van der Waals surface area contributed by atoms with Crippen LogP contribution in [0.25, 0.3) is 0 Å². The number of unbranched alkanes of at least 4 members (excludes halogenated alkanes) is 2. The Bertz CT molecular complexity index is 298. The van der Waals surface area contributed by atoms with Crippen molar-refractivity contribution in [1.29, 1.82) is 0 Å². The summed E-state index contributed by atoms with van der Waals surface area (Å²) in [7, 11) is 0. The van der Waals surface area contributed by atoms with Crippen molar-refractivity contribution in [3.63, 3.8) is 0 Å². The number of rotatable bonds is 8. The zero-order valence-corrected chi connectivity index (χ0v) is 10.5. The Hall–Kier alpha value is -1.09. The minimum Gasteiger partial charge on any atom is -0.494 e. The fourth-order valence-corrected chi connectivity index (χ4v) is 1.66. The van der Waals surface area contributed by atoms with Crippen LogP contribution in [0.5, 0.6) is 5.75 Å². The lowest BCUT2D eigenvalue weighted by molar-refractivity contribution is 0.301. The van der Waals surface area contributed by atoms with E-state index in [1.165, 1.54) is 5.56 Å². The molecule has 1 aromatic carbocycles. The first-order valence-corrected chi connectivity index (χ1v) is 6.25. The highest BCUT2D eigenvalue weighted by Gasteiger charge is 1.99. The number of nitrogens with two attached hydrogens (primary N) is 1. The van der Waals surface area contributed by atoms with Crippen LogP contribution in [0.1, 0.15) is 31.7 Å². The second-order valence-corrected chi connectivity index (χ2v) is 4.42. The lowest BCUT2D eigenvalue weighted by Gasteiger charge is -2.08. The van der Waals surface area contributed by atoms with Crippen molar-refractivity contribution in [3.8, 4) is 5.75 Å². The Morgan fingerprint density at radius 2 is 1.88 bits per heavy atom. The monoisotopic (exact) mass is 239 g/mol. The highest BCUT2D eigenvalue weighted by molar-refractivity contribution is 5.27. The average Bonchev–Trinajstić information content (AvgIpc) is 2.30. The molecule has 0 saturated heterocycles. The Morgan fingerprint density at radius 3 is 2.47 bits per heavy atom. The van der Waals surface area contributed by atoms with E-state index in [0.29, 0.717) is 13.0 Å². The average molecular weight is 239 g/mol. The van der Waals surface area contributed by atoms with Crippen LogP contribution in [0.3, 0.4) is 0 Å². The van der Waals surface area contributed by atoms with E-state index in [2.05, 4.69) is 0 Å². The fraction of sp³-hybridized carbons (Fsp3) is 0.571. The number of benzene rings is 1. The summed E-state index contributed by atoms with van der Waals surface area (Å²) < 4.78 is 17.4. The Morgan fingerprint density at radius 1 is 1.18 bits per heavy atom. The summed E-state index contributed by atoms with van der Waals surface area (Å²) in [6.07, 6.45) is 3.32. The van der Waals surface area contributed by atoms with Crippen molar-refractivity contribution in [2.45, 2.75) is 38.6 Å². The second kappa shape index (κ2) is 8.07. The number of hydrogen-bond acceptors (Lipinski definition) is 2. The van der Waals surface area contributed by atoms with Crippen molar-refractivity contribution in [2.24, 2.45) is 5.73 Å². The van der Waals surface area contributed by atoms with Crippen LogP contribution in [-0.4, -0.2) is 19.3 Å². The van der Waals surface area contributed by atoms with Crippen LogP contribution in [0.15, 0.2) is 24.3 Å². The molecule has 0 saturated carbocycles. The molecule has 0 aliphatic heterocycles. The molecule has 1 atom stereocenters. The molecule has 1 rings (SSSR count). The molecule has 0 fully saturated rings. The molecule has 3 heteroatoms. The molecular weight excluding hydrogens is 217 g/mol. The second-order valence-electron chi connectivity index (χ2n) is 4.42. The van der Waals surface area contributed by atoms with Crippen molar-refractivity contribution < 1.29 is 9.13 Å². The van der Waals surface area contributed by atoms with Crippen LogP contribution >= 0.6 is 0 Å². The molecule has 0 radical (unpaired) electrons. The van der Waals surface area contributed by atoms with Crippen molar-refractivity contribution in [1.82, 2.24) is 0 Å². The maximum atomic E-state index is 11.8. The third-order valence-corrected chi connectivity index (χ3v) is 2.53. The van der Waals surface area contributed by atoms with Gasteiger partial charge in [0, 0.05) is 6.04 Å². The van der Waals surface area contributed by atoms with E-state index in [0.717, 1.165) is 25.0 Å². The summed E-state index contributed by atoms with van der Waals surface area (Å²) in [5.41, 5.74) is 6.95. The molecule has 0 spiro atoms. The Kier molecular flexibility index (Phi) is 6.63. The van der Waals surface area contributed by atoms with Gasteiger partial charge >= 0.3 is 0 Å². The smallest absolute Gasteiger partial charge is 0.119 e. The molecule has 0 heterocycles. The molecule has 1 aromatic rings. The van der Waals surface area contributed by atoms with Gasteiger partial charge in [-0.1, -0.05) is 12.1 Å². The summed E-state index contributed by atoms with van der Waals surface area (Å²) in [6, 6.07) is 8.20. The van der Waals surface area contributed by atoms with Gasteiger partial charge in [-0.15, -0.1) is 0 Å². The van der Waals surface area contributed by atoms with Gasteiger partial charge in [0.2, 0.25) is 0 Å². The van der Waals surface area contributed by atoms with Crippen LogP contribution < -0.4 is 10.5 Å². The minimum absolute atomic E-state index is 0.183. The predicted octanol–water partition coefficient (Wildman–Crippen LogP) is 3.09. The highest BCUT2D eigenvalue weighted by atomic mass is 19.1. The van der Waals surface area contributed by atoms with Gasteiger partial charge in [0.15, 0.2) is 0 Å². The number of hydrogen-bond donors (Lipinski definition) is 1. The van der Waals surface area contributed by atoms with Gasteiger partial charge < -0.3 is 10.5 Å². The minimum atomic E-state index is -0.230. The topological polar surface area (TPSA) is 35.2 Å². The first-order valence-electron chi connectivity index (χ1n) is 6.25. The van der Waals surface area contributed by atoms with E-state index >= 15 is 0 Å². The predicted molar refractivity (Wildman–Crippen MR) is 69.1 cm³/mol. The van der Waals surface area contributed by atoms with E-state index in [1.54, 1.807) is 0 Å². The van der Waals surface area contributed by atoms with Crippen LogP contribution in [-0.2, 0) is 6.42 Å². The molecule has 2 nitrogen and oxygen atoms in total. The third-order valence-electron chi connectivity index (χ3n) is 2.53. The molecule has 2 N–H and O–H groups in total. The number of ether oxygens (including phenoxy) is 1. The summed E-state index contributed by atoms with van der Waals surface area (Å²) in [4.78, 5) is 0. The van der Waals surface area contributed by atoms with E-state index in [-0.39, 0.29) is 12.7 Å². The summed E-state index contributed by atoms with van der Waals surface area (Å²) >= 11 is 0. The lowest BCUT2D eigenvalue weighted by atomic mass is 10.1. The molecule has 0 aliphatic rings. The summed E-state index contributed by atoms with van der Waals surface area (Å²) in [5.74, 6) is 0.874. The molecule has 96 valence electrons. The SMILES string of the molecule is CC(N)Cc1ccc(OCCCCCF)cc1. The van der Waals surface area contributed by atoms with Gasteiger partial charge in [0.1, 0.15) is 5.75 Å². The van der Waals surface area contributed by atoms with E-state index in [4.69, 9.17) is 10.5 Å². The zero-order chi connectivity index (χ0) is 12.5. The molecule has 17 heavy (non-hydrogen) atoms.